The van der Waals surface area contributed by atoms with E-state index in [1.807, 2.05) is 13.0 Å². The van der Waals surface area contributed by atoms with Gasteiger partial charge in [0, 0.05) is 31.8 Å². The normalized spacial score (nSPS) is 18.0. The molecule has 1 saturated heterocycles. The first-order valence-electron chi connectivity index (χ1n) is 8.71. The Morgan fingerprint density at radius 2 is 2.08 bits per heavy atom. The molecule has 0 saturated carbocycles. The van der Waals surface area contributed by atoms with E-state index in [0.29, 0.717) is 23.8 Å². The summed E-state index contributed by atoms with van der Waals surface area (Å²) in [7, 11) is 3.45. The van der Waals surface area contributed by atoms with Crippen molar-refractivity contribution in [3.8, 4) is 0 Å². The number of amides is 2. The highest BCUT2D eigenvalue weighted by molar-refractivity contribution is 5.97. The van der Waals surface area contributed by atoms with Crippen LogP contribution in [0.4, 0.5) is 5.69 Å². The van der Waals surface area contributed by atoms with Crippen LogP contribution >= 0.6 is 12.4 Å². The highest BCUT2D eigenvalue weighted by atomic mass is 35.5. The first-order chi connectivity index (χ1) is 11.4. The van der Waals surface area contributed by atoms with Crippen LogP contribution in [0.5, 0.6) is 0 Å². The summed E-state index contributed by atoms with van der Waals surface area (Å²) in [6, 6.07) is 5.44. The number of hydrogen-bond donors (Lipinski definition) is 2. The van der Waals surface area contributed by atoms with E-state index in [-0.39, 0.29) is 24.2 Å². The zero-order valence-corrected chi connectivity index (χ0v) is 16.4. The van der Waals surface area contributed by atoms with Gasteiger partial charge < -0.3 is 15.5 Å². The minimum Gasteiger partial charge on any atom is -0.345 e. The molecule has 1 heterocycles. The molecule has 1 aromatic carbocycles. The summed E-state index contributed by atoms with van der Waals surface area (Å²) in [6.07, 6.45) is 2.88. The lowest BCUT2D eigenvalue weighted by atomic mass is 9.85. The van der Waals surface area contributed by atoms with Gasteiger partial charge in [0.1, 0.15) is 0 Å². The van der Waals surface area contributed by atoms with E-state index >= 15 is 0 Å². The van der Waals surface area contributed by atoms with Crippen molar-refractivity contribution in [2.24, 2.45) is 11.8 Å². The molecule has 0 bridgehead atoms. The Bertz CT molecular complexity index is 598. The van der Waals surface area contributed by atoms with Crippen molar-refractivity contribution in [1.29, 1.82) is 0 Å². The first-order valence-corrected chi connectivity index (χ1v) is 8.71. The van der Waals surface area contributed by atoms with E-state index < -0.39 is 0 Å². The molecule has 0 radical (unpaired) electrons. The Labute approximate surface area is 157 Å². The van der Waals surface area contributed by atoms with Crippen LogP contribution in [0.3, 0.4) is 0 Å². The zero-order chi connectivity index (χ0) is 17.7. The minimum atomic E-state index is -0.0628. The van der Waals surface area contributed by atoms with Gasteiger partial charge in [0.15, 0.2) is 0 Å². The molecule has 1 aliphatic heterocycles. The fourth-order valence-electron chi connectivity index (χ4n) is 3.17. The van der Waals surface area contributed by atoms with Crippen LogP contribution in [0.2, 0.25) is 0 Å². The average molecular weight is 368 g/mol. The number of anilines is 1. The van der Waals surface area contributed by atoms with E-state index in [1.54, 1.807) is 26.2 Å². The van der Waals surface area contributed by atoms with Gasteiger partial charge in [-0.1, -0.05) is 13.0 Å². The smallest absolute Gasteiger partial charge is 0.253 e. The number of rotatable bonds is 5. The number of carbonyl (C=O) groups excluding carboxylic acids is 2. The molecule has 2 amide bonds. The molecule has 0 aliphatic carbocycles. The van der Waals surface area contributed by atoms with Gasteiger partial charge in [-0.3, -0.25) is 9.59 Å². The largest absolute Gasteiger partial charge is 0.345 e. The van der Waals surface area contributed by atoms with Gasteiger partial charge in [0.2, 0.25) is 5.91 Å². The molecule has 6 heteroatoms. The third-order valence-corrected chi connectivity index (χ3v) is 4.81. The van der Waals surface area contributed by atoms with Gasteiger partial charge in [0.25, 0.3) is 5.91 Å². The lowest BCUT2D eigenvalue weighted by molar-refractivity contribution is -0.117. The Balaban J connectivity index is 0.00000312. The topological polar surface area (TPSA) is 61.4 Å². The second kappa shape index (κ2) is 9.78. The molecule has 1 aliphatic rings. The third kappa shape index (κ3) is 6.01. The lowest BCUT2D eigenvalue weighted by Crippen LogP contribution is -2.34. The number of piperidine rings is 1. The number of nitrogens with one attached hydrogen (secondary N) is 2. The Morgan fingerprint density at radius 1 is 1.36 bits per heavy atom. The fourth-order valence-corrected chi connectivity index (χ4v) is 3.17. The van der Waals surface area contributed by atoms with Crippen molar-refractivity contribution in [2.45, 2.75) is 33.1 Å². The lowest BCUT2D eigenvalue weighted by Gasteiger charge is -2.28. The summed E-state index contributed by atoms with van der Waals surface area (Å²) in [5.74, 6) is 0.870. The van der Waals surface area contributed by atoms with Gasteiger partial charge in [-0.25, -0.2) is 0 Å². The highest BCUT2D eigenvalue weighted by Gasteiger charge is 2.22. The van der Waals surface area contributed by atoms with Crippen LogP contribution in [0.1, 0.15) is 42.1 Å². The maximum atomic E-state index is 12.4. The molecule has 2 atom stereocenters. The van der Waals surface area contributed by atoms with Gasteiger partial charge in [0.05, 0.1) is 0 Å². The summed E-state index contributed by atoms with van der Waals surface area (Å²) >= 11 is 0. The van der Waals surface area contributed by atoms with Gasteiger partial charge in [-0.05, 0) is 62.4 Å². The van der Waals surface area contributed by atoms with Crippen molar-refractivity contribution >= 4 is 29.9 Å². The van der Waals surface area contributed by atoms with Crippen LogP contribution < -0.4 is 10.6 Å². The molecule has 1 aromatic rings. The van der Waals surface area contributed by atoms with Crippen LogP contribution in [-0.4, -0.2) is 43.9 Å². The Kier molecular flexibility index (Phi) is 8.39. The number of halogens is 1. The van der Waals surface area contributed by atoms with Gasteiger partial charge in [-0.2, -0.15) is 0 Å². The summed E-state index contributed by atoms with van der Waals surface area (Å²) in [4.78, 5) is 26.0. The van der Waals surface area contributed by atoms with E-state index in [1.165, 1.54) is 17.7 Å². The standard InChI is InChI=1S/C19H29N3O2.ClH/c1-13-7-8-15(19(24)22(3)4)11-17(13)21-18(23)10-14(2)16-6-5-9-20-12-16;/h7-8,11,14,16,20H,5-6,9-10,12H2,1-4H3,(H,21,23);1H. The van der Waals surface area contributed by atoms with Crippen LogP contribution in [0.15, 0.2) is 18.2 Å². The molecule has 140 valence electrons. The van der Waals surface area contributed by atoms with Crippen molar-refractivity contribution in [1.82, 2.24) is 10.2 Å². The van der Waals surface area contributed by atoms with Crippen LogP contribution in [-0.2, 0) is 4.79 Å². The van der Waals surface area contributed by atoms with Crippen molar-refractivity contribution < 1.29 is 9.59 Å². The van der Waals surface area contributed by atoms with E-state index in [4.69, 9.17) is 0 Å². The minimum absolute atomic E-state index is 0. The Morgan fingerprint density at radius 3 is 2.68 bits per heavy atom. The first kappa shape index (κ1) is 21.5. The third-order valence-electron chi connectivity index (χ3n) is 4.81. The van der Waals surface area contributed by atoms with Crippen LogP contribution in [0.25, 0.3) is 0 Å². The second-order valence-corrected chi connectivity index (χ2v) is 7.07. The monoisotopic (exact) mass is 367 g/mol. The molecule has 0 spiro atoms. The molecule has 5 nitrogen and oxygen atoms in total. The average Bonchev–Trinajstić information content (AvgIpc) is 2.56. The summed E-state index contributed by atoms with van der Waals surface area (Å²) in [5.41, 5.74) is 2.28. The molecular formula is C19H30ClN3O2. The molecule has 2 N–H and O–H groups in total. The highest BCUT2D eigenvalue weighted by Crippen LogP contribution is 2.24. The van der Waals surface area contributed by atoms with Crippen LogP contribution in [0, 0.1) is 18.8 Å². The zero-order valence-electron chi connectivity index (χ0n) is 15.6. The maximum Gasteiger partial charge on any atom is 0.253 e. The number of nitrogens with zero attached hydrogens (tertiary/aromatic N) is 1. The predicted molar refractivity (Wildman–Crippen MR) is 104 cm³/mol. The summed E-state index contributed by atoms with van der Waals surface area (Å²) < 4.78 is 0. The molecular weight excluding hydrogens is 338 g/mol. The summed E-state index contributed by atoms with van der Waals surface area (Å²) in [6.45, 7) is 6.17. The van der Waals surface area contributed by atoms with E-state index in [9.17, 15) is 9.59 Å². The molecule has 25 heavy (non-hydrogen) atoms. The number of carbonyl (C=O) groups is 2. The van der Waals surface area contributed by atoms with Gasteiger partial charge >= 0.3 is 0 Å². The van der Waals surface area contributed by atoms with Gasteiger partial charge in [-0.15, -0.1) is 12.4 Å². The number of benzene rings is 1. The quantitative estimate of drug-likeness (QED) is 0.840. The van der Waals surface area contributed by atoms with Crippen molar-refractivity contribution in [2.75, 3.05) is 32.5 Å². The van der Waals surface area contributed by atoms with Crippen molar-refractivity contribution in [3.63, 3.8) is 0 Å². The Hall–Kier alpha value is -1.59. The molecule has 2 rings (SSSR count). The van der Waals surface area contributed by atoms with E-state index in [0.717, 1.165) is 24.3 Å². The predicted octanol–water partition coefficient (Wildman–Crippen LogP) is 3.08. The van der Waals surface area contributed by atoms with E-state index in [2.05, 4.69) is 17.6 Å². The number of aryl methyl sites for hydroxylation is 1. The maximum absolute atomic E-state index is 12.4. The SMILES string of the molecule is Cc1ccc(C(=O)N(C)C)cc1NC(=O)CC(C)C1CCCNC1.Cl. The molecule has 0 aromatic heterocycles. The molecule has 2 unspecified atom stereocenters. The fraction of sp³-hybridized carbons (Fsp3) is 0.579. The van der Waals surface area contributed by atoms with Crippen molar-refractivity contribution in [3.05, 3.63) is 29.3 Å². The summed E-state index contributed by atoms with van der Waals surface area (Å²) in [5, 5.41) is 6.39. The number of hydrogen-bond acceptors (Lipinski definition) is 3. The molecule has 1 fully saturated rings. The second-order valence-electron chi connectivity index (χ2n) is 7.07.